The second-order valence-corrected chi connectivity index (χ2v) is 7.59. The van der Waals surface area contributed by atoms with Crippen molar-refractivity contribution in [1.29, 1.82) is 0 Å². The maximum absolute atomic E-state index is 12.7. The maximum Gasteiger partial charge on any atom is 0.281 e. The summed E-state index contributed by atoms with van der Waals surface area (Å²) in [5.41, 5.74) is 0. The molecule has 120 valence electrons. The van der Waals surface area contributed by atoms with Crippen molar-refractivity contribution in [3.8, 4) is 0 Å². The van der Waals surface area contributed by atoms with Crippen molar-refractivity contribution in [1.82, 2.24) is 8.61 Å². The van der Waals surface area contributed by atoms with Crippen LogP contribution in [-0.2, 0) is 10.2 Å². The first-order chi connectivity index (χ1) is 9.49. The number of aliphatic hydroxyl groups excluding tert-OH is 1. The highest BCUT2D eigenvalue weighted by Gasteiger charge is 2.32. The Bertz CT molecular complexity index is 361. The maximum atomic E-state index is 12.7. The average Bonchev–Trinajstić information content (AvgIpc) is 2.48. The predicted molar refractivity (Wildman–Crippen MR) is 81.6 cm³/mol. The molecule has 0 amide bonds. The van der Waals surface area contributed by atoms with E-state index in [-0.39, 0.29) is 12.5 Å². The molecule has 6 heteroatoms. The zero-order valence-electron chi connectivity index (χ0n) is 13.1. The van der Waals surface area contributed by atoms with Crippen LogP contribution in [0.3, 0.4) is 0 Å². The molecule has 1 N–H and O–H groups in total. The average molecular weight is 306 g/mol. The van der Waals surface area contributed by atoms with Gasteiger partial charge in [0, 0.05) is 32.8 Å². The van der Waals surface area contributed by atoms with Gasteiger partial charge in [-0.1, -0.05) is 33.6 Å². The smallest absolute Gasteiger partial charge is 0.281 e. The molecule has 0 atom stereocenters. The topological polar surface area (TPSA) is 60.9 Å². The lowest BCUT2D eigenvalue weighted by atomic mass is 10.00. The van der Waals surface area contributed by atoms with Gasteiger partial charge < -0.3 is 5.11 Å². The van der Waals surface area contributed by atoms with Crippen LogP contribution in [0.25, 0.3) is 0 Å². The molecular formula is C14H30N2O3S. The summed E-state index contributed by atoms with van der Waals surface area (Å²) in [4.78, 5) is 0. The van der Waals surface area contributed by atoms with E-state index in [2.05, 4.69) is 13.8 Å². The number of nitrogens with zero attached hydrogens (tertiary/aromatic N) is 2. The summed E-state index contributed by atoms with van der Waals surface area (Å²) in [6.07, 6.45) is 3.54. The van der Waals surface area contributed by atoms with Crippen molar-refractivity contribution in [2.75, 3.05) is 32.8 Å². The number of rotatable bonds is 8. The van der Waals surface area contributed by atoms with Crippen molar-refractivity contribution < 1.29 is 13.5 Å². The Balaban J connectivity index is 2.70. The van der Waals surface area contributed by atoms with Gasteiger partial charge in [0.15, 0.2) is 0 Å². The first-order valence-corrected chi connectivity index (χ1v) is 9.25. The molecule has 0 aromatic rings. The summed E-state index contributed by atoms with van der Waals surface area (Å²) < 4.78 is 28.5. The van der Waals surface area contributed by atoms with Crippen LogP contribution < -0.4 is 0 Å². The van der Waals surface area contributed by atoms with Crippen LogP contribution in [0.15, 0.2) is 0 Å². The zero-order chi connectivity index (χ0) is 15.2. The molecule has 1 fully saturated rings. The Morgan fingerprint density at radius 2 is 1.75 bits per heavy atom. The molecule has 0 aromatic carbocycles. The Hall–Kier alpha value is -0.170. The molecule has 0 bridgehead atoms. The van der Waals surface area contributed by atoms with Gasteiger partial charge in [-0.3, -0.25) is 0 Å². The van der Waals surface area contributed by atoms with E-state index in [1.807, 2.05) is 6.92 Å². The second kappa shape index (κ2) is 8.32. The minimum absolute atomic E-state index is 0.166. The van der Waals surface area contributed by atoms with E-state index in [1.54, 1.807) is 8.61 Å². The fraction of sp³-hybridized carbons (Fsp3) is 1.00. The van der Waals surface area contributed by atoms with E-state index in [4.69, 9.17) is 5.11 Å². The van der Waals surface area contributed by atoms with Crippen LogP contribution in [-0.4, -0.2) is 54.9 Å². The number of aliphatic hydroxyl groups is 1. The highest BCUT2D eigenvalue weighted by atomic mass is 32.2. The highest BCUT2D eigenvalue weighted by Crippen LogP contribution is 2.22. The molecule has 0 aromatic heterocycles. The van der Waals surface area contributed by atoms with Crippen LogP contribution in [0.2, 0.25) is 0 Å². The molecule has 0 saturated carbocycles. The predicted octanol–water partition coefficient (Wildman–Crippen LogP) is 1.69. The summed E-state index contributed by atoms with van der Waals surface area (Å²) in [5.74, 6) is 0.690. The van der Waals surface area contributed by atoms with Crippen molar-refractivity contribution in [2.24, 2.45) is 11.8 Å². The molecule has 1 saturated heterocycles. The summed E-state index contributed by atoms with van der Waals surface area (Å²) in [5, 5.41) is 9.14. The van der Waals surface area contributed by atoms with Crippen LogP contribution >= 0.6 is 0 Å². The quantitative estimate of drug-likeness (QED) is 0.742. The first-order valence-electron chi connectivity index (χ1n) is 7.85. The Labute approximate surface area is 124 Å². The summed E-state index contributed by atoms with van der Waals surface area (Å²) in [6, 6.07) is 0. The van der Waals surface area contributed by atoms with Crippen molar-refractivity contribution in [3.05, 3.63) is 0 Å². The standard InChI is InChI=1S/C14H30N2O3S/c1-4-13(5-2)11-15(6-3)20(18,19)16-9-7-14(12-17)8-10-16/h13-14,17H,4-12H2,1-3H3. The van der Waals surface area contributed by atoms with Gasteiger partial charge in [-0.2, -0.15) is 17.0 Å². The van der Waals surface area contributed by atoms with Gasteiger partial charge in [0.05, 0.1) is 0 Å². The van der Waals surface area contributed by atoms with Gasteiger partial charge >= 0.3 is 0 Å². The minimum Gasteiger partial charge on any atom is -0.396 e. The van der Waals surface area contributed by atoms with Crippen LogP contribution in [0.5, 0.6) is 0 Å². The Kier molecular flexibility index (Phi) is 7.43. The van der Waals surface area contributed by atoms with E-state index in [1.165, 1.54) is 0 Å². The monoisotopic (exact) mass is 306 g/mol. The first kappa shape index (κ1) is 17.9. The lowest BCUT2D eigenvalue weighted by Gasteiger charge is -2.35. The van der Waals surface area contributed by atoms with Gasteiger partial charge in [-0.15, -0.1) is 0 Å². The fourth-order valence-electron chi connectivity index (χ4n) is 2.71. The van der Waals surface area contributed by atoms with E-state index < -0.39 is 10.2 Å². The molecule has 1 heterocycles. The fourth-order valence-corrected chi connectivity index (χ4v) is 4.43. The summed E-state index contributed by atoms with van der Waals surface area (Å²) in [7, 11) is -3.34. The SMILES string of the molecule is CCC(CC)CN(CC)S(=O)(=O)N1CCC(CO)CC1. The molecule has 0 aliphatic carbocycles. The van der Waals surface area contributed by atoms with Crippen molar-refractivity contribution in [2.45, 2.75) is 46.5 Å². The van der Waals surface area contributed by atoms with Crippen molar-refractivity contribution >= 4 is 10.2 Å². The normalized spacial score (nSPS) is 19.1. The molecule has 0 spiro atoms. The van der Waals surface area contributed by atoms with E-state index in [0.29, 0.717) is 32.1 Å². The van der Waals surface area contributed by atoms with Crippen molar-refractivity contribution in [3.63, 3.8) is 0 Å². The molecule has 1 aliphatic rings. The molecule has 5 nitrogen and oxygen atoms in total. The number of hydrogen-bond acceptors (Lipinski definition) is 3. The molecule has 0 radical (unpaired) electrons. The van der Waals surface area contributed by atoms with E-state index in [9.17, 15) is 8.42 Å². The third-order valence-corrected chi connectivity index (χ3v) is 6.53. The van der Waals surface area contributed by atoms with Gasteiger partial charge in [0.2, 0.25) is 0 Å². The van der Waals surface area contributed by atoms with E-state index >= 15 is 0 Å². The second-order valence-electron chi connectivity index (χ2n) is 5.67. The molecule has 0 unspecified atom stereocenters. The van der Waals surface area contributed by atoms with Crippen LogP contribution in [0.1, 0.15) is 46.5 Å². The van der Waals surface area contributed by atoms with Gasteiger partial charge in [-0.25, -0.2) is 0 Å². The van der Waals surface area contributed by atoms with Crippen LogP contribution in [0.4, 0.5) is 0 Å². The summed E-state index contributed by atoms with van der Waals surface area (Å²) >= 11 is 0. The van der Waals surface area contributed by atoms with Gasteiger partial charge in [0.1, 0.15) is 0 Å². The molecule has 20 heavy (non-hydrogen) atoms. The van der Waals surface area contributed by atoms with E-state index in [0.717, 1.165) is 25.7 Å². The lowest BCUT2D eigenvalue weighted by molar-refractivity contribution is 0.165. The largest absolute Gasteiger partial charge is 0.396 e. The minimum atomic E-state index is -3.34. The number of piperidine rings is 1. The Morgan fingerprint density at radius 1 is 1.20 bits per heavy atom. The third-order valence-electron chi connectivity index (χ3n) is 4.45. The van der Waals surface area contributed by atoms with Crippen LogP contribution in [0, 0.1) is 11.8 Å². The highest BCUT2D eigenvalue weighted by molar-refractivity contribution is 7.86. The molecular weight excluding hydrogens is 276 g/mol. The lowest BCUT2D eigenvalue weighted by Crippen LogP contribution is -2.48. The molecule has 1 aliphatic heterocycles. The third kappa shape index (κ3) is 4.41. The van der Waals surface area contributed by atoms with Gasteiger partial charge in [-0.05, 0) is 24.7 Å². The van der Waals surface area contributed by atoms with Gasteiger partial charge in [0.25, 0.3) is 10.2 Å². The zero-order valence-corrected chi connectivity index (χ0v) is 13.9. The molecule has 1 rings (SSSR count). The number of hydrogen-bond donors (Lipinski definition) is 1. The summed E-state index contributed by atoms with van der Waals surface area (Å²) in [6.45, 7) is 8.51. The Morgan fingerprint density at radius 3 is 2.15 bits per heavy atom.